The van der Waals surface area contributed by atoms with E-state index in [0.717, 1.165) is 25.9 Å². The Balaban J connectivity index is 2.04. The van der Waals surface area contributed by atoms with Crippen LogP contribution >= 0.6 is 0 Å². The summed E-state index contributed by atoms with van der Waals surface area (Å²) in [5, 5.41) is 9.09. The van der Waals surface area contributed by atoms with Crippen molar-refractivity contribution in [3.8, 4) is 0 Å². The summed E-state index contributed by atoms with van der Waals surface area (Å²) >= 11 is 0. The van der Waals surface area contributed by atoms with Crippen molar-refractivity contribution in [1.29, 1.82) is 0 Å². The van der Waals surface area contributed by atoms with Crippen LogP contribution in [0, 0.1) is 19.8 Å². The summed E-state index contributed by atoms with van der Waals surface area (Å²) in [6, 6.07) is 6.89. The number of benzene rings is 1. The van der Waals surface area contributed by atoms with Crippen LogP contribution in [0.2, 0.25) is 0 Å². The Labute approximate surface area is 115 Å². The second-order valence-corrected chi connectivity index (χ2v) is 5.81. The van der Waals surface area contributed by atoms with Crippen LogP contribution in [0.1, 0.15) is 36.5 Å². The average molecular weight is 261 g/mol. The highest BCUT2D eigenvalue weighted by molar-refractivity contribution is 5.70. The number of rotatable bonds is 3. The van der Waals surface area contributed by atoms with Gasteiger partial charge in [0, 0.05) is 12.6 Å². The van der Waals surface area contributed by atoms with Crippen molar-refractivity contribution in [3.05, 3.63) is 34.9 Å². The number of likely N-dealkylation sites (tertiary alicyclic amines) is 1. The fourth-order valence-corrected chi connectivity index (χ4v) is 2.87. The topological polar surface area (TPSA) is 40.5 Å². The Bertz CT molecular complexity index is 470. The molecule has 0 saturated carbocycles. The van der Waals surface area contributed by atoms with Crippen molar-refractivity contribution < 1.29 is 9.90 Å². The molecule has 1 aliphatic heterocycles. The van der Waals surface area contributed by atoms with Crippen molar-refractivity contribution in [2.24, 2.45) is 5.92 Å². The quantitative estimate of drug-likeness (QED) is 0.909. The summed E-state index contributed by atoms with van der Waals surface area (Å²) in [7, 11) is 0. The number of nitrogens with zero attached hydrogens (tertiary/aromatic N) is 1. The Hall–Kier alpha value is -1.35. The predicted molar refractivity (Wildman–Crippen MR) is 76.1 cm³/mol. The minimum atomic E-state index is -0.641. The van der Waals surface area contributed by atoms with E-state index in [9.17, 15) is 4.79 Å². The van der Waals surface area contributed by atoms with E-state index in [1.54, 1.807) is 0 Å². The van der Waals surface area contributed by atoms with Gasteiger partial charge in [-0.25, -0.2) is 0 Å². The van der Waals surface area contributed by atoms with Gasteiger partial charge in [-0.3, -0.25) is 9.69 Å². The second kappa shape index (κ2) is 5.74. The monoisotopic (exact) mass is 261 g/mol. The number of aliphatic carboxylic acids is 1. The van der Waals surface area contributed by atoms with Gasteiger partial charge >= 0.3 is 5.97 Å². The summed E-state index contributed by atoms with van der Waals surface area (Å²) in [6.07, 6.45) is 1.53. The van der Waals surface area contributed by atoms with Crippen LogP contribution in [-0.2, 0) is 11.3 Å². The molecular weight excluding hydrogens is 238 g/mol. The van der Waals surface area contributed by atoms with Gasteiger partial charge in [0.05, 0.1) is 5.92 Å². The fraction of sp³-hybridized carbons (Fsp3) is 0.562. The van der Waals surface area contributed by atoms with Crippen molar-refractivity contribution in [2.45, 2.75) is 46.2 Å². The van der Waals surface area contributed by atoms with E-state index in [1.807, 2.05) is 0 Å². The summed E-state index contributed by atoms with van der Waals surface area (Å²) in [5.41, 5.74) is 3.97. The highest BCUT2D eigenvalue weighted by Gasteiger charge is 2.29. The molecule has 1 fully saturated rings. The molecule has 2 atom stereocenters. The molecule has 19 heavy (non-hydrogen) atoms. The van der Waals surface area contributed by atoms with Crippen LogP contribution in [0.3, 0.4) is 0 Å². The first-order valence-corrected chi connectivity index (χ1v) is 7.00. The number of hydrogen-bond acceptors (Lipinski definition) is 2. The molecule has 2 unspecified atom stereocenters. The Morgan fingerprint density at radius 2 is 2.16 bits per heavy atom. The van der Waals surface area contributed by atoms with Crippen molar-refractivity contribution >= 4 is 5.97 Å². The predicted octanol–water partition coefficient (Wildman–Crippen LogP) is 2.99. The van der Waals surface area contributed by atoms with Crippen molar-refractivity contribution in [2.75, 3.05) is 6.54 Å². The molecule has 3 nitrogen and oxygen atoms in total. The second-order valence-electron chi connectivity index (χ2n) is 5.81. The molecule has 1 aliphatic rings. The molecule has 0 amide bonds. The number of carbonyl (C=O) groups is 1. The molecule has 104 valence electrons. The normalized spacial score (nSPS) is 24.4. The van der Waals surface area contributed by atoms with Crippen LogP contribution in [0.15, 0.2) is 18.2 Å². The number of carboxylic acid groups (broad SMARTS) is 1. The number of piperidine rings is 1. The van der Waals surface area contributed by atoms with E-state index < -0.39 is 5.97 Å². The van der Waals surface area contributed by atoms with Gasteiger partial charge in [-0.05, 0) is 51.3 Å². The Kier molecular flexibility index (Phi) is 4.25. The van der Waals surface area contributed by atoms with E-state index in [-0.39, 0.29) is 5.92 Å². The Morgan fingerprint density at radius 1 is 1.42 bits per heavy atom. The molecule has 2 rings (SSSR count). The summed E-state index contributed by atoms with van der Waals surface area (Å²) < 4.78 is 0. The van der Waals surface area contributed by atoms with Gasteiger partial charge in [0.2, 0.25) is 0 Å². The Morgan fingerprint density at radius 3 is 2.79 bits per heavy atom. The van der Waals surface area contributed by atoms with Crippen LogP contribution in [-0.4, -0.2) is 28.6 Å². The van der Waals surface area contributed by atoms with E-state index in [0.29, 0.717) is 6.04 Å². The zero-order chi connectivity index (χ0) is 14.0. The molecule has 1 N–H and O–H groups in total. The van der Waals surface area contributed by atoms with Crippen LogP contribution in [0.25, 0.3) is 0 Å². The number of hydrogen-bond donors (Lipinski definition) is 1. The number of aryl methyl sites for hydroxylation is 2. The minimum absolute atomic E-state index is 0.162. The summed E-state index contributed by atoms with van der Waals surface area (Å²) in [4.78, 5) is 13.4. The van der Waals surface area contributed by atoms with Gasteiger partial charge < -0.3 is 5.11 Å². The molecule has 1 heterocycles. The van der Waals surface area contributed by atoms with Gasteiger partial charge in [0.15, 0.2) is 0 Å². The number of carboxylic acids is 1. The summed E-state index contributed by atoms with van der Waals surface area (Å²) in [6.45, 7) is 8.21. The van der Waals surface area contributed by atoms with E-state index in [1.165, 1.54) is 16.7 Å². The largest absolute Gasteiger partial charge is 0.481 e. The maximum Gasteiger partial charge on any atom is 0.306 e. The molecule has 1 saturated heterocycles. The lowest BCUT2D eigenvalue weighted by Gasteiger charge is -2.36. The van der Waals surface area contributed by atoms with Crippen LogP contribution < -0.4 is 0 Å². The third-order valence-electron chi connectivity index (χ3n) is 4.24. The lowest BCUT2D eigenvalue weighted by molar-refractivity contribution is -0.144. The minimum Gasteiger partial charge on any atom is -0.481 e. The smallest absolute Gasteiger partial charge is 0.306 e. The fourth-order valence-electron chi connectivity index (χ4n) is 2.87. The molecule has 0 radical (unpaired) electrons. The lowest BCUT2D eigenvalue weighted by Crippen LogP contribution is -2.42. The molecule has 1 aromatic carbocycles. The van der Waals surface area contributed by atoms with Gasteiger partial charge in [0.1, 0.15) is 0 Å². The highest BCUT2D eigenvalue weighted by Crippen LogP contribution is 2.25. The molecule has 0 bridgehead atoms. The molecule has 0 aromatic heterocycles. The lowest BCUT2D eigenvalue weighted by atomic mass is 9.91. The van der Waals surface area contributed by atoms with Crippen LogP contribution in [0.4, 0.5) is 0 Å². The van der Waals surface area contributed by atoms with Gasteiger partial charge in [-0.2, -0.15) is 0 Å². The zero-order valence-electron chi connectivity index (χ0n) is 12.0. The van der Waals surface area contributed by atoms with Crippen molar-refractivity contribution in [3.63, 3.8) is 0 Å². The molecule has 1 aromatic rings. The maximum absolute atomic E-state index is 11.0. The maximum atomic E-state index is 11.0. The highest BCUT2D eigenvalue weighted by atomic mass is 16.4. The van der Waals surface area contributed by atoms with Crippen LogP contribution in [0.5, 0.6) is 0 Å². The first-order valence-electron chi connectivity index (χ1n) is 7.00. The molecule has 0 aliphatic carbocycles. The van der Waals surface area contributed by atoms with Crippen molar-refractivity contribution in [1.82, 2.24) is 4.90 Å². The summed E-state index contributed by atoms with van der Waals surface area (Å²) in [5.74, 6) is -0.803. The molecular formula is C16H23NO2. The van der Waals surface area contributed by atoms with E-state index in [2.05, 4.69) is 43.9 Å². The van der Waals surface area contributed by atoms with Gasteiger partial charge in [-0.1, -0.05) is 23.8 Å². The molecule has 0 spiro atoms. The van der Waals surface area contributed by atoms with E-state index >= 15 is 0 Å². The third kappa shape index (κ3) is 3.35. The van der Waals surface area contributed by atoms with E-state index in [4.69, 9.17) is 5.11 Å². The third-order valence-corrected chi connectivity index (χ3v) is 4.24. The zero-order valence-corrected chi connectivity index (χ0v) is 12.0. The average Bonchev–Trinajstić information content (AvgIpc) is 2.36. The SMILES string of the molecule is Cc1ccc(C)c(CN2CCC(C(=O)O)CC2C)c1. The molecule has 3 heteroatoms. The first-order chi connectivity index (χ1) is 8.97. The standard InChI is InChI=1S/C16H23NO2/c1-11-4-5-12(2)15(8-11)10-17-7-6-14(16(18)19)9-13(17)3/h4-5,8,13-14H,6-7,9-10H2,1-3H3,(H,18,19). The first kappa shape index (κ1) is 14.1. The van der Waals surface area contributed by atoms with Gasteiger partial charge in [0.25, 0.3) is 0 Å². The van der Waals surface area contributed by atoms with Gasteiger partial charge in [-0.15, -0.1) is 0 Å².